The predicted molar refractivity (Wildman–Crippen MR) is 73.5 cm³/mol. The summed E-state index contributed by atoms with van der Waals surface area (Å²) in [6.07, 6.45) is -14.6. The predicted octanol–water partition coefficient (Wildman–Crippen LogP) is -3.96. The Hall–Kier alpha value is -0.930. The molecule has 2 aliphatic rings. The van der Waals surface area contributed by atoms with Gasteiger partial charge in [0, 0.05) is 0 Å². The molecule has 0 aromatic heterocycles. The molecule has 0 bridgehead atoms. The fourth-order valence-electron chi connectivity index (χ4n) is 2.60. The number of aliphatic hydroxyl groups excluding tert-OH is 6. The Morgan fingerprint density at radius 1 is 0.880 bits per heavy atom. The van der Waals surface area contributed by atoms with Gasteiger partial charge in [0.05, 0.1) is 12.2 Å². The summed E-state index contributed by atoms with van der Waals surface area (Å²) in [5.74, 6) is -4.80. The molecule has 12 nitrogen and oxygen atoms in total. The highest BCUT2D eigenvalue weighted by atomic mass is 17.3. The number of carboxylic acids is 1. The van der Waals surface area contributed by atoms with Crippen molar-refractivity contribution in [3.63, 3.8) is 0 Å². The van der Waals surface area contributed by atoms with Gasteiger partial charge in [-0.3, -0.25) is 0 Å². The van der Waals surface area contributed by atoms with E-state index in [0.29, 0.717) is 0 Å². The number of aliphatic hydroxyl groups is 6. The first-order valence-corrected chi connectivity index (χ1v) is 7.52. The largest absolute Gasteiger partial charge is 0.477 e. The van der Waals surface area contributed by atoms with Gasteiger partial charge in [-0.1, -0.05) is 0 Å². The Balaban J connectivity index is 2.16. The van der Waals surface area contributed by atoms with Crippen molar-refractivity contribution in [1.82, 2.24) is 0 Å². The first kappa shape index (κ1) is 20.4. The van der Waals surface area contributed by atoms with E-state index in [1.165, 1.54) is 13.8 Å². The molecular formula is C13H22O12. The molecule has 0 aliphatic carbocycles. The quantitative estimate of drug-likeness (QED) is 0.188. The van der Waals surface area contributed by atoms with Crippen molar-refractivity contribution in [1.29, 1.82) is 0 Å². The van der Waals surface area contributed by atoms with Crippen LogP contribution < -0.4 is 0 Å². The van der Waals surface area contributed by atoms with Crippen molar-refractivity contribution >= 4 is 5.97 Å². The number of carbonyl (C=O) groups is 1. The third-order valence-electron chi connectivity index (χ3n) is 4.28. The molecule has 146 valence electrons. The highest BCUT2D eigenvalue weighted by Crippen LogP contribution is 2.33. The van der Waals surface area contributed by atoms with Crippen molar-refractivity contribution in [3.05, 3.63) is 0 Å². The van der Waals surface area contributed by atoms with Crippen LogP contribution in [0.2, 0.25) is 0 Å². The third kappa shape index (κ3) is 3.50. The molecule has 2 aliphatic heterocycles. The van der Waals surface area contributed by atoms with Crippen LogP contribution in [0.3, 0.4) is 0 Å². The van der Waals surface area contributed by atoms with Gasteiger partial charge in [-0.15, -0.1) is 0 Å². The van der Waals surface area contributed by atoms with Crippen molar-refractivity contribution in [2.24, 2.45) is 0 Å². The summed E-state index contributed by atoms with van der Waals surface area (Å²) in [5.41, 5.74) is 0. The maximum Gasteiger partial charge on any atom is 0.370 e. The molecule has 0 aromatic rings. The van der Waals surface area contributed by atoms with Gasteiger partial charge in [0.2, 0.25) is 6.29 Å². The molecule has 2 saturated heterocycles. The van der Waals surface area contributed by atoms with Gasteiger partial charge < -0.3 is 45.2 Å². The number of hydrogen-bond donors (Lipinski definition) is 7. The van der Waals surface area contributed by atoms with Crippen LogP contribution in [-0.2, 0) is 24.0 Å². The zero-order valence-corrected chi connectivity index (χ0v) is 13.4. The van der Waals surface area contributed by atoms with Gasteiger partial charge in [0.25, 0.3) is 0 Å². The first-order valence-electron chi connectivity index (χ1n) is 7.52. The van der Waals surface area contributed by atoms with Crippen molar-refractivity contribution in [3.8, 4) is 0 Å². The molecule has 7 N–H and O–H groups in total. The minimum Gasteiger partial charge on any atom is -0.477 e. The number of aliphatic carboxylic acids is 1. The summed E-state index contributed by atoms with van der Waals surface area (Å²) in [7, 11) is 0. The number of rotatable bonds is 4. The van der Waals surface area contributed by atoms with Crippen molar-refractivity contribution in [2.75, 3.05) is 0 Å². The number of hydrogen-bond acceptors (Lipinski definition) is 11. The Morgan fingerprint density at radius 2 is 1.44 bits per heavy atom. The second-order valence-corrected chi connectivity index (χ2v) is 6.08. The smallest absolute Gasteiger partial charge is 0.370 e. The zero-order valence-electron chi connectivity index (χ0n) is 13.4. The van der Waals surface area contributed by atoms with Crippen LogP contribution in [0.25, 0.3) is 0 Å². The Morgan fingerprint density at radius 3 is 2.00 bits per heavy atom. The lowest BCUT2D eigenvalue weighted by molar-refractivity contribution is -0.509. The normalized spacial score (nSPS) is 51.3. The van der Waals surface area contributed by atoms with Gasteiger partial charge in [-0.05, 0) is 13.8 Å². The molecule has 25 heavy (non-hydrogen) atoms. The second-order valence-electron chi connectivity index (χ2n) is 6.08. The fourth-order valence-corrected chi connectivity index (χ4v) is 2.60. The van der Waals surface area contributed by atoms with Crippen LogP contribution >= 0.6 is 0 Å². The highest BCUT2D eigenvalue weighted by molar-refractivity contribution is 5.76. The minimum atomic E-state index is -2.93. The van der Waals surface area contributed by atoms with Crippen LogP contribution in [0.5, 0.6) is 0 Å². The maximum absolute atomic E-state index is 11.5. The maximum atomic E-state index is 11.5. The summed E-state index contributed by atoms with van der Waals surface area (Å²) >= 11 is 0. The molecule has 2 fully saturated rings. The van der Waals surface area contributed by atoms with Gasteiger partial charge in [0.1, 0.15) is 30.5 Å². The Labute approximate surface area is 141 Å². The van der Waals surface area contributed by atoms with E-state index in [2.05, 4.69) is 9.78 Å². The monoisotopic (exact) mass is 370 g/mol. The molecule has 2 rings (SSSR count). The molecule has 0 saturated carbocycles. The second kappa shape index (κ2) is 7.36. The summed E-state index contributed by atoms with van der Waals surface area (Å²) in [4.78, 5) is 20.9. The highest BCUT2D eigenvalue weighted by Gasteiger charge is 2.61. The van der Waals surface area contributed by atoms with Crippen LogP contribution in [0.1, 0.15) is 13.8 Å². The molecule has 12 heteroatoms. The van der Waals surface area contributed by atoms with E-state index in [4.69, 9.17) is 9.47 Å². The van der Waals surface area contributed by atoms with E-state index in [0.717, 1.165) is 0 Å². The van der Waals surface area contributed by atoms with E-state index in [1.54, 1.807) is 0 Å². The minimum absolute atomic E-state index is 0.990. The van der Waals surface area contributed by atoms with Crippen molar-refractivity contribution < 1.29 is 59.8 Å². The van der Waals surface area contributed by atoms with Gasteiger partial charge in [0.15, 0.2) is 6.10 Å². The molecule has 10 atom stereocenters. The molecule has 0 unspecified atom stereocenters. The zero-order chi connectivity index (χ0) is 19.1. The standard InChI is InChI=1S/C13H22O12/c1-3-5(14)7(16)9(18)11(22-3)24-25-13(12(20)21)10(19)8(17)6(15)4(2)23-13/h3-11,14-19H,1-2H3,(H,20,21)/t3-,4-,5-,6-,7+,8+,9-,10-,11-,13+/m1/s1. The van der Waals surface area contributed by atoms with Crippen LogP contribution in [0, 0.1) is 0 Å². The molecule has 0 amide bonds. The lowest BCUT2D eigenvalue weighted by Gasteiger charge is -2.45. The summed E-state index contributed by atoms with van der Waals surface area (Å²) in [5, 5.41) is 67.8. The topological polar surface area (TPSA) is 196 Å². The molecule has 2 heterocycles. The molecular weight excluding hydrogens is 348 g/mol. The summed E-state index contributed by atoms with van der Waals surface area (Å²) < 4.78 is 10.0. The first-order chi connectivity index (χ1) is 11.5. The van der Waals surface area contributed by atoms with Gasteiger partial charge in [-0.2, -0.15) is 9.78 Å². The fraction of sp³-hybridized carbons (Fsp3) is 0.923. The van der Waals surface area contributed by atoms with Gasteiger partial charge >= 0.3 is 11.8 Å². The van der Waals surface area contributed by atoms with Crippen LogP contribution in [0.4, 0.5) is 0 Å². The molecule has 0 radical (unpaired) electrons. The number of carboxylic acid groups (broad SMARTS) is 1. The third-order valence-corrected chi connectivity index (χ3v) is 4.28. The lowest BCUT2D eigenvalue weighted by Crippen LogP contribution is -2.68. The van der Waals surface area contributed by atoms with E-state index >= 15 is 0 Å². The van der Waals surface area contributed by atoms with Crippen LogP contribution in [0.15, 0.2) is 0 Å². The van der Waals surface area contributed by atoms with Crippen LogP contribution in [-0.4, -0.2) is 103 Å². The summed E-state index contributed by atoms with van der Waals surface area (Å²) in [6, 6.07) is 0. The SMILES string of the molecule is C[C@H]1O[C@H](OO[C@@]2(C(=O)O)O[C@H](C)[C@@H](O)[C@H](O)[C@H]2O)[C@H](O)[C@@H](O)[C@@H]1O. The lowest BCUT2D eigenvalue weighted by atomic mass is 9.93. The number of ether oxygens (including phenoxy) is 2. The Bertz CT molecular complexity index is 488. The molecule has 0 spiro atoms. The van der Waals surface area contributed by atoms with E-state index < -0.39 is 66.9 Å². The average molecular weight is 370 g/mol. The molecule has 0 aromatic carbocycles. The van der Waals surface area contributed by atoms with E-state index in [9.17, 15) is 40.5 Å². The van der Waals surface area contributed by atoms with Gasteiger partial charge in [-0.25, -0.2) is 4.79 Å². The average Bonchev–Trinajstić information content (AvgIpc) is 2.57. The van der Waals surface area contributed by atoms with E-state index in [-0.39, 0.29) is 0 Å². The Kier molecular flexibility index (Phi) is 6.00. The van der Waals surface area contributed by atoms with Crippen molar-refractivity contribution in [2.45, 2.75) is 74.8 Å². The van der Waals surface area contributed by atoms with E-state index in [1.807, 2.05) is 0 Å². The summed E-state index contributed by atoms with van der Waals surface area (Å²) in [6.45, 7) is 2.59.